The molecule has 238 valence electrons. The summed E-state index contributed by atoms with van der Waals surface area (Å²) in [5.41, 5.74) is -0.178. The van der Waals surface area contributed by atoms with E-state index in [0.717, 1.165) is 11.3 Å². The van der Waals surface area contributed by atoms with Crippen molar-refractivity contribution in [2.24, 2.45) is 11.1 Å². The minimum Gasteiger partial charge on any atom is -0.461 e. The fourth-order valence-corrected chi connectivity index (χ4v) is 5.70. The predicted molar refractivity (Wildman–Crippen MR) is 155 cm³/mol. The standard InChI is InChI=1S/C24H27ClN6O11S2/c1-12(2)21-20(23(35)30(21)44(38,39)40)28-22(34)19(16-11-43-24(26-16)27-17(32)9-25)29-42-13(3)8-18(33)41-10-14-4-6-15(7-5-14)31(36)37/h4-7,11-13,20-21H,8-10H2,1-3H3,(H,28,34)(H,26,27,32)(H,38,39,40)/t13?,20-,21+/m1/s1. The number of amides is 3. The molecule has 20 heteroatoms. The quantitative estimate of drug-likeness (QED) is 0.0493. The van der Waals surface area contributed by atoms with Gasteiger partial charge in [0.25, 0.3) is 17.5 Å². The van der Waals surface area contributed by atoms with Gasteiger partial charge >= 0.3 is 16.3 Å². The Balaban J connectivity index is 1.73. The highest BCUT2D eigenvalue weighted by atomic mass is 35.5. The maximum atomic E-state index is 13.3. The van der Waals surface area contributed by atoms with Crippen molar-refractivity contribution in [2.45, 2.75) is 52.0 Å². The van der Waals surface area contributed by atoms with Crippen molar-refractivity contribution in [3.63, 3.8) is 0 Å². The molecular weight excluding hydrogens is 648 g/mol. The maximum Gasteiger partial charge on any atom is 0.362 e. The number of hydrogen-bond donors (Lipinski definition) is 3. The number of hydrogen-bond acceptors (Lipinski definition) is 13. The van der Waals surface area contributed by atoms with E-state index in [9.17, 15) is 42.3 Å². The maximum absolute atomic E-state index is 13.3. The molecule has 44 heavy (non-hydrogen) atoms. The Labute approximate surface area is 259 Å². The van der Waals surface area contributed by atoms with E-state index in [4.69, 9.17) is 21.2 Å². The SMILES string of the molecule is CC(CC(=O)OCc1ccc([N+](=O)[O-])cc1)ON=C(C(=O)N[C@H]1C(=O)N(S(=O)(=O)O)[C@H]1C(C)C)c1csc(NC(=O)CCl)n1. The molecule has 3 atom stereocenters. The number of carbonyl (C=O) groups is 4. The van der Waals surface area contributed by atoms with Crippen molar-refractivity contribution in [2.75, 3.05) is 11.2 Å². The van der Waals surface area contributed by atoms with Crippen molar-refractivity contribution < 1.29 is 46.6 Å². The molecule has 0 spiro atoms. The molecule has 17 nitrogen and oxygen atoms in total. The summed E-state index contributed by atoms with van der Waals surface area (Å²) in [6, 6.07) is 2.97. The number of carbonyl (C=O) groups excluding carboxylic acids is 4. The average Bonchev–Trinajstić information content (AvgIpc) is 3.40. The summed E-state index contributed by atoms with van der Waals surface area (Å²) in [6.45, 7) is 4.46. The molecule has 0 bridgehead atoms. The lowest BCUT2D eigenvalue weighted by Crippen LogP contribution is -2.73. The van der Waals surface area contributed by atoms with Gasteiger partial charge in [0.15, 0.2) is 10.8 Å². The Morgan fingerprint density at radius 3 is 2.48 bits per heavy atom. The number of benzene rings is 1. The zero-order valence-corrected chi connectivity index (χ0v) is 25.7. The highest BCUT2D eigenvalue weighted by molar-refractivity contribution is 7.84. The van der Waals surface area contributed by atoms with Crippen molar-refractivity contribution in [3.8, 4) is 0 Å². The first-order valence-corrected chi connectivity index (χ1v) is 15.5. The Hall–Kier alpha value is -4.20. The minimum atomic E-state index is -4.88. The number of nitro groups is 1. The third-order valence-corrected chi connectivity index (χ3v) is 7.89. The van der Waals surface area contributed by atoms with E-state index in [2.05, 4.69) is 20.8 Å². The van der Waals surface area contributed by atoms with Crippen LogP contribution in [0.2, 0.25) is 0 Å². The van der Waals surface area contributed by atoms with Crippen LogP contribution in [-0.2, 0) is 45.7 Å². The normalized spacial score (nSPS) is 17.5. The molecule has 3 amide bonds. The molecule has 1 aromatic heterocycles. The summed E-state index contributed by atoms with van der Waals surface area (Å²) in [6.07, 6.45) is -1.26. The van der Waals surface area contributed by atoms with Crippen molar-refractivity contribution in [3.05, 3.63) is 51.0 Å². The van der Waals surface area contributed by atoms with Crippen molar-refractivity contribution in [1.29, 1.82) is 0 Å². The molecule has 0 radical (unpaired) electrons. The molecule has 3 rings (SSSR count). The predicted octanol–water partition coefficient (Wildman–Crippen LogP) is 1.63. The summed E-state index contributed by atoms with van der Waals surface area (Å²) >= 11 is 6.42. The van der Waals surface area contributed by atoms with Gasteiger partial charge in [-0.05, 0) is 30.5 Å². The monoisotopic (exact) mass is 674 g/mol. The van der Waals surface area contributed by atoms with Crippen LogP contribution in [0.5, 0.6) is 0 Å². The number of anilines is 1. The number of non-ortho nitro benzene ring substituents is 1. The minimum absolute atomic E-state index is 0.0614. The summed E-state index contributed by atoms with van der Waals surface area (Å²) < 4.78 is 38.2. The van der Waals surface area contributed by atoms with Crippen molar-refractivity contribution >= 4 is 73.5 Å². The Morgan fingerprint density at radius 1 is 1.25 bits per heavy atom. The second kappa shape index (κ2) is 14.5. The smallest absolute Gasteiger partial charge is 0.362 e. The first kappa shape index (κ1) is 34.3. The number of halogens is 1. The van der Waals surface area contributed by atoms with Crippen LogP contribution in [0.1, 0.15) is 38.4 Å². The van der Waals surface area contributed by atoms with Crippen LogP contribution in [0.25, 0.3) is 0 Å². The third-order valence-electron chi connectivity index (χ3n) is 5.97. The van der Waals surface area contributed by atoms with Gasteiger partial charge in [0, 0.05) is 17.5 Å². The summed E-state index contributed by atoms with van der Waals surface area (Å²) in [5, 5.41) is 20.8. The summed E-state index contributed by atoms with van der Waals surface area (Å²) in [5.74, 6) is -4.21. The zero-order chi connectivity index (χ0) is 32.8. The molecule has 2 aromatic rings. The van der Waals surface area contributed by atoms with E-state index in [-0.39, 0.29) is 39.7 Å². The molecule has 1 aliphatic heterocycles. The summed E-state index contributed by atoms with van der Waals surface area (Å²) in [4.78, 5) is 69.4. The lowest BCUT2D eigenvalue weighted by molar-refractivity contribution is -0.384. The van der Waals surface area contributed by atoms with Crippen LogP contribution in [0.3, 0.4) is 0 Å². The number of aromatic nitrogens is 1. The number of ether oxygens (including phenoxy) is 1. The number of oxime groups is 1. The van der Waals surface area contributed by atoms with Gasteiger partial charge in [-0.1, -0.05) is 19.0 Å². The number of nitrogens with zero attached hydrogens (tertiary/aromatic N) is 4. The van der Waals surface area contributed by atoms with Gasteiger partial charge in [0.2, 0.25) is 5.91 Å². The van der Waals surface area contributed by atoms with Crippen LogP contribution < -0.4 is 10.6 Å². The van der Waals surface area contributed by atoms with Gasteiger partial charge in [-0.2, -0.15) is 8.42 Å². The number of thiazole rings is 1. The van der Waals surface area contributed by atoms with Gasteiger partial charge in [0.05, 0.1) is 17.4 Å². The molecular formula is C24H27ClN6O11S2. The zero-order valence-electron chi connectivity index (χ0n) is 23.3. The molecule has 0 aliphatic carbocycles. The van der Waals surface area contributed by atoms with Crippen LogP contribution in [0.15, 0.2) is 34.8 Å². The third kappa shape index (κ3) is 8.68. The van der Waals surface area contributed by atoms with E-state index >= 15 is 0 Å². The van der Waals surface area contributed by atoms with Gasteiger partial charge in [-0.25, -0.2) is 9.29 Å². The van der Waals surface area contributed by atoms with Crippen LogP contribution in [-0.4, -0.2) is 80.7 Å². The second-order valence-corrected chi connectivity index (χ2v) is 12.1. The second-order valence-electron chi connectivity index (χ2n) is 9.66. The van der Waals surface area contributed by atoms with Crippen LogP contribution >= 0.6 is 22.9 Å². The molecule has 3 N–H and O–H groups in total. The Bertz CT molecular complexity index is 1560. The van der Waals surface area contributed by atoms with Gasteiger partial charge in [-0.15, -0.1) is 22.9 Å². The molecule has 1 aromatic carbocycles. The highest BCUT2D eigenvalue weighted by Gasteiger charge is 2.55. The molecule has 1 saturated heterocycles. The van der Waals surface area contributed by atoms with Crippen molar-refractivity contribution in [1.82, 2.24) is 14.6 Å². The van der Waals surface area contributed by atoms with Gasteiger partial charge in [0.1, 0.15) is 30.3 Å². The van der Waals surface area contributed by atoms with Gasteiger partial charge < -0.3 is 20.2 Å². The molecule has 0 saturated carbocycles. The van der Waals surface area contributed by atoms with Gasteiger partial charge in [-0.3, -0.25) is 33.8 Å². The largest absolute Gasteiger partial charge is 0.461 e. The Morgan fingerprint density at radius 2 is 1.91 bits per heavy atom. The van der Waals surface area contributed by atoms with E-state index < -0.39 is 68.7 Å². The first-order valence-electron chi connectivity index (χ1n) is 12.7. The fourth-order valence-electron chi connectivity index (χ4n) is 3.91. The van der Waals surface area contributed by atoms with E-state index in [1.807, 2.05) is 0 Å². The van der Waals surface area contributed by atoms with E-state index in [0.29, 0.717) is 5.56 Å². The topological polar surface area (TPSA) is 237 Å². The molecule has 1 fully saturated rings. The highest BCUT2D eigenvalue weighted by Crippen LogP contribution is 2.29. The molecule has 2 heterocycles. The number of nitrogens with one attached hydrogen (secondary N) is 2. The summed E-state index contributed by atoms with van der Waals surface area (Å²) in [7, 11) is -4.88. The number of esters is 1. The molecule has 1 aliphatic rings. The van der Waals surface area contributed by atoms with E-state index in [1.165, 1.54) is 36.6 Å². The number of nitro benzene ring substituents is 1. The number of rotatable bonds is 14. The lowest BCUT2D eigenvalue weighted by atomic mass is 9.88. The van der Waals surface area contributed by atoms with Crippen LogP contribution in [0, 0.1) is 16.0 Å². The average molecular weight is 675 g/mol. The number of alkyl halides is 1. The lowest BCUT2D eigenvalue weighted by Gasteiger charge is -2.46. The fraction of sp³-hybridized carbons (Fsp3) is 0.417. The van der Waals surface area contributed by atoms with E-state index in [1.54, 1.807) is 13.8 Å². The first-order chi connectivity index (χ1) is 20.6. The number of β-lactam (4-membered cyclic amide) rings is 1. The van der Waals surface area contributed by atoms with Crippen LogP contribution in [0.4, 0.5) is 10.8 Å². The molecule has 1 unspecified atom stereocenters. The Kier molecular flexibility index (Phi) is 11.3.